The number of alkyl halides is 1. The molecule has 8 rings (SSSR count). The number of hydrogen-bond donors (Lipinski definition) is 3. The van der Waals surface area contributed by atoms with Crippen molar-refractivity contribution in [2.45, 2.75) is 60.8 Å². The fraction of sp³-hybridized carbons (Fsp3) is 0.467. The number of aromatic hydroxyl groups is 1. The Labute approximate surface area is 241 Å². The van der Waals surface area contributed by atoms with Crippen LogP contribution in [-0.4, -0.2) is 81.1 Å². The number of benzene rings is 2. The van der Waals surface area contributed by atoms with Gasteiger partial charge >= 0.3 is 6.01 Å². The van der Waals surface area contributed by atoms with Crippen LogP contribution in [0.4, 0.5) is 10.2 Å². The van der Waals surface area contributed by atoms with E-state index in [0.29, 0.717) is 53.8 Å². The van der Waals surface area contributed by atoms with Gasteiger partial charge in [0.1, 0.15) is 35.6 Å². The van der Waals surface area contributed by atoms with E-state index in [1.807, 2.05) is 30.3 Å². The Morgan fingerprint density at radius 2 is 1.98 bits per heavy atom. The Bertz CT molecular complexity index is 1540. The van der Waals surface area contributed by atoms with Gasteiger partial charge in [0, 0.05) is 43.7 Å². The minimum Gasteiger partial charge on any atom is -0.588 e. The maximum absolute atomic E-state index is 14.4. The third kappa shape index (κ3) is 4.41. The lowest BCUT2D eigenvalue weighted by molar-refractivity contribution is 0.107. The van der Waals surface area contributed by atoms with Gasteiger partial charge in [-0.2, -0.15) is 9.97 Å². The van der Waals surface area contributed by atoms with Crippen LogP contribution in [-0.2, 0) is 11.4 Å². The second-order valence-electron chi connectivity index (χ2n) is 12.1. The molecule has 11 heteroatoms. The molecule has 4 fully saturated rings. The van der Waals surface area contributed by atoms with Crippen LogP contribution in [0.2, 0.25) is 0 Å². The average molecular weight is 577 g/mol. The number of nitrogens with zero attached hydrogens (tertiary/aromatic N) is 4. The molecule has 5 aliphatic heterocycles. The van der Waals surface area contributed by atoms with Crippen LogP contribution in [0.25, 0.3) is 22.5 Å². The molecule has 214 valence electrons. The molecule has 3 aromatic rings. The Morgan fingerprint density at radius 3 is 2.83 bits per heavy atom. The van der Waals surface area contributed by atoms with Crippen LogP contribution in [0.5, 0.6) is 11.8 Å². The molecule has 0 spiro atoms. The summed E-state index contributed by atoms with van der Waals surface area (Å²) in [4.78, 5) is 14.6. The summed E-state index contributed by atoms with van der Waals surface area (Å²) in [6.07, 6.45) is 5.65. The van der Waals surface area contributed by atoms with E-state index in [1.165, 1.54) is 0 Å². The largest absolute Gasteiger partial charge is 0.588 e. The molecule has 5 aliphatic rings. The molecule has 4 saturated heterocycles. The first-order chi connectivity index (χ1) is 19.9. The number of rotatable bonds is 5. The minimum atomic E-state index is -1.64. The van der Waals surface area contributed by atoms with Crippen molar-refractivity contribution in [3.63, 3.8) is 0 Å². The molecule has 0 saturated carbocycles. The maximum Gasteiger partial charge on any atom is 0.319 e. The molecule has 2 aromatic carbocycles. The van der Waals surface area contributed by atoms with E-state index in [9.17, 15) is 14.0 Å². The highest BCUT2D eigenvalue weighted by molar-refractivity contribution is 7.90. The van der Waals surface area contributed by atoms with E-state index < -0.39 is 17.5 Å². The van der Waals surface area contributed by atoms with Crippen LogP contribution >= 0.6 is 0 Å². The van der Waals surface area contributed by atoms with Crippen LogP contribution in [0.3, 0.4) is 0 Å². The number of hydrogen-bond acceptors (Lipinski definition) is 9. The van der Waals surface area contributed by atoms with Crippen molar-refractivity contribution in [3.05, 3.63) is 47.7 Å². The van der Waals surface area contributed by atoms with Gasteiger partial charge in [0.25, 0.3) is 0 Å². The lowest BCUT2D eigenvalue weighted by Crippen LogP contribution is -2.52. The second-order valence-corrected chi connectivity index (χ2v) is 13.2. The average Bonchev–Trinajstić information content (AvgIpc) is 3.61. The third-order valence-electron chi connectivity index (χ3n) is 9.41. The summed E-state index contributed by atoms with van der Waals surface area (Å²) in [5.41, 5.74) is 1.56. The number of fused-ring (bicyclic) bond motifs is 5. The first-order valence-electron chi connectivity index (χ1n) is 14.5. The van der Waals surface area contributed by atoms with Gasteiger partial charge in [-0.15, -0.1) is 0 Å². The molecule has 6 heterocycles. The Morgan fingerprint density at radius 1 is 1.15 bits per heavy atom. The molecule has 0 amide bonds. The molecule has 0 radical (unpaired) electrons. The highest BCUT2D eigenvalue weighted by atomic mass is 32.2. The number of halogens is 1. The number of phenols is 1. The first kappa shape index (κ1) is 25.6. The van der Waals surface area contributed by atoms with Crippen molar-refractivity contribution in [1.82, 2.24) is 24.9 Å². The summed E-state index contributed by atoms with van der Waals surface area (Å²) in [6, 6.07) is 12.1. The van der Waals surface area contributed by atoms with Crippen molar-refractivity contribution in [1.29, 1.82) is 0 Å². The predicted octanol–water partition coefficient (Wildman–Crippen LogP) is 3.36. The molecule has 3 unspecified atom stereocenters. The predicted molar refractivity (Wildman–Crippen MR) is 156 cm³/mol. The first-order valence-corrected chi connectivity index (χ1v) is 15.7. The fourth-order valence-corrected chi connectivity index (χ4v) is 8.68. The maximum atomic E-state index is 14.4. The molecular weight excluding hydrogens is 543 g/mol. The summed E-state index contributed by atoms with van der Waals surface area (Å²) < 4.78 is 37.8. The van der Waals surface area contributed by atoms with Gasteiger partial charge in [-0.25, -0.2) is 9.11 Å². The number of aromatic nitrogens is 2. The van der Waals surface area contributed by atoms with Crippen molar-refractivity contribution in [3.8, 4) is 11.8 Å². The van der Waals surface area contributed by atoms with Gasteiger partial charge in [-0.05, 0) is 61.2 Å². The molecule has 5 atom stereocenters. The SMILES string of the molecule is [O-][S+]1NC(c2cc(O)cc3ccccc23)=Cc2nc(OC[C@@]34CCCN3C[C@H](F)C4)nc(N3CC4CCC(C3)N4)c21. The van der Waals surface area contributed by atoms with E-state index in [-0.39, 0.29) is 17.3 Å². The zero-order valence-corrected chi connectivity index (χ0v) is 23.5. The smallest absolute Gasteiger partial charge is 0.319 e. The fourth-order valence-electron chi connectivity index (χ4n) is 7.57. The lowest BCUT2D eigenvalue weighted by Gasteiger charge is -2.35. The van der Waals surface area contributed by atoms with Crippen molar-refractivity contribution in [2.24, 2.45) is 0 Å². The third-order valence-corrected chi connectivity index (χ3v) is 10.6. The number of nitrogens with one attached hydrogen (secondary N) is 2. The van der Waals surface area contributed by atoms with E-state index in [2.05, 4.69) is 19.8 Å². The van der Waals surface area contributed by atoms with Gasteiger partial charge < -0.3 is 24.6 Å². The highest BCUT2D eigenvalue weighted by Gasteiger charge is 2.49. The van der Waals surface area contributed by atoms with E-state index >= 15 is 0 Å². The Balaban J connectivity index is 1.21. The number of piperazine rings is 1. The van der Waals surface area contributed by atoms with E-state index in [4.69, 9.17) is 14.7 Å². The van der Waals surface area contributed by atoms with Crippen molar-refractivity contribution >= 4 is 39.7 Å². The Hall–Kier alpha value is -3.12. The molecular formula is C30H33FN6O3S. The van der Waals surface area contributed by atoms with Gasteiger partial charge in [0.2, 0.25) is 4.90 Å². The highest BCUT2D eigenvalue weighted by Crippen LogP contribution is 2.42. The second kappa shape index (κ2) is 9.72. The Kier molecular flexibility index (Phi) is 6.07. The van der Waals surface area contributed by atoms with Gasteiger partial charge in [-0.1, -0.05) is 24.3 Å². The number of phenolic OH excluding ortho intramolecular Hbond substituents is 1. The van der Waals surface area contributed by atoms with Gasteiger partial charge in [-0.3, -0.25) is 4.90 Å². The summed E-state index contributed by atoms with van der Waals surface area (Å²) in [5, 5.41) is 15.9. The normalized spacial score (nSPS) is 30.7. The zero-order chi connectivity index (χ0) is 27.7. The molecule has 0 aliphatic carbocycles. The molecule has 2 bridgehead atoms. The number of anilines is 1. The summed E-state index contributed by atoms with van der Waals surface area (Å²) in [6.45, 7) is 3.21. The van der Waals surface area contributed by atoms with Gasteiger partial charge in [0.15, 0.2) is 5.82 Å². The summed E-state index contributed by atoms with van der Waals surface area (Å²) >= 11 is -1.64. The summed E-state index contributed by atoms with van der Waals surface area (Å²) in [7, 11) is 0. The molecule has 3 N–H and O–H groups in total. The number of ether oxygens (including phenoxy) is 1. The monoisotopic (exact) mass is 576 g/mol. The molecule has 41 heavy (non-hydrogen) atoms. The van der Waals surface area contributed by atoms with Crippen LogP contribution in [0.1, 0.15) is 43.4 Å². The van der Waals surface area contributed by atoms with E-state index in [1.54, 1.807) is 12.1 Å². The lowest BCUT2D eigenvalue weighted by atomic mass is 9.95. The van der Waals surface area contributed by atoms with E-state index in [0.717, 1.165) is 61.7 Å². The van der Waals surface area contributed by atoms with Crippen molar-refractivity contribution < 1.29 is 18.8 Å². The van der Waals surface area contributed by atoms with Crippen LogP contribution in [0, 0.1) is 0 Å². The standard InChI is InChI=1S/C30H33FN6O3S/c31-19-13-30(8-3-9-37(30)14-19)17-40-29-33-26-12-25(24-11-22(38)10-18-4-1-2-5-23(18)24)35-41(39)27(26)28(34-29)36-15-20-6-7-21(16-36)32-20/h1-2,4-5,10-12,19-21,32,35,38H,3,6-9,13-17H2/t19-,20?,21?,30+,41?/m1/s1. The topological polar surface area (TPSA) is 109 Å². The van der Waals surface area contributed by atoms with Crippen LogP contribution < -0.4 is 19.7 Å². The van der Waals surface area contributed by atoms with Crippen LogP contribution in [0.15, 0.2) is 41.3 Å². The molecule has 1 aromatic heterocycles. The van der Waals surface area contributed by atoms with Crippen molar-refractivity contribution in [2.75, 3.05) is 37.7 Å². The zero-order valence-electron chi connectivity index (χ0n) is 22.7. The quantitative estimate of drug-likeness (QED) is 0.394. The summed E-state index contributed by atoms with van der Waals surface area (Å²) in [5.74, 6) is 0.755. The minimum absolute atomic E-state index is 0.129. The molecule has 9 nitrogen and oxygen atoms in total. The van der Waals surface area contributed by atoms with Gasteiger partial charge in [0.05, 0.1) is 11.2 Å².